The Morgan fingerprint density at radius 3 is 2.65 bits per heavy atom. The summed E-state index contributed by atoms with van der Waals surface area (Å²) in [6, 6.07) is 1.78. The minimum atomic E-state index is -4.84. The zero-order valence-corrected chi connectivity index (χ0v) is 11.1. The lowest BCUT2D eigenvalue weighted by Gasteiger charge is -2.15. The zero-order chi connectivity index (χ0) is 13.1. The summed E-state index contributed by atoms with van der Waals surface area (Å²) in [5, 5.41) is 8.59. The maximum Gasteiger partial charge on any atom is 0.573 e. The van der Waals surface area contributed by atoms with E-state index in [1.54, 1.807) is 28.7 Å². The van der Waals surface area contributed by atoms with E-state index in [1.165, 1.54) is 6.20 Å². The molecule has 8 heteroatoms. The van der Waals surface area contributed by atoms with Crippen LogP contribution in [0.3, 0.4) is 0 Å². The smallest absolute Gasteiger partial charge is 0.403 e. The molecule has 1 aromatic rings. The van der Waals surface area contributed by atoms with Crippen molar-refractivity contribution in [2.24, 2.45) is 0 Å². The van der Waals surface area contributed by atoms with Crippen LogP contribution in [0.25, 0.3) is 0 Å². The monoisotopic (exact) mass is 376 g/mol. The van der Waals surface area contributed by atoms with Gasteiger partial charge in [-0.3, -0.25) is 4.98 Å². The van der Waals surface area contributed by atoms with Gasteiger partial charge < -0.3 is 4.74 Å². The van der Waals surface area contributed by atoms with Gasteiger partial charge in [0.25, 0.3) is 0 Å². The van der Waals surface area contributed by atoms with Crippen molar-refractivity contribution < 1.29 is 17.9 Å². The standard InChI is InChI=1S/C9H5ClF3IN2O/c10-3-7-8(17-9(11,12)13)5(1-2-15)6(14)4-16-7/h4H,1,3H2. The van der Waals surface area contributed by atoms with Gasteiger partial charge in [-0.2, -0.15) is 5.26 Å². The Morgan fingerprint density at radius 2 is 2.18 bits per heavy atom. The molecule has 0 aromatic carbocycles. The molecule has 0 saturated heterocycles. The molecule has 0 atom stereocenters. The molecule has 0 aliphatic rings. The van der Waals surface area contributed by atoms with Crippen LogP contribution in [0.15, 0.2) is 6.20 Å². The molecule has 0 radical (unpaired) electrons. The number of ether oxygens (including phenoxy) is 1. The fraction of sp³-hybridized carbons (Fsp3) is 0.333. The number of alkyl halides is 4. The molecule has 0 aliphatic heterocycles. The van der Waals surface area contributed by atoms with Crippen LogP contribution in [-0.2, 0) is 12.3 Å². The number of hydrogen-bond donors (Lipinski definition) is 0. The lowest BCUT2D eigenvalue weighted by molar-refractivity contribution is -0.275. The molecule has 3 nitrogen and oxygen atoms in total. The molecule has 0 saturated carbocycles. The lowest BCUT2D eigenvalue weighted by atomic mass is 10.1. The molecular formula is C9H5ClF3IN2O. The first kappa shape index (κ1) is 14.3. The summed E-state index contributed by atoms with van der Waals surface area (Å²) in [7, 11) is 0. The van der Waals surface area contributed by atoms with Crippen molar-refractivity contribution in [3.05, 3.63) is 21.0 Å². The van der Waals surface area contributed by atoms with Crippen LogP contribution >= 0.6 is 34.2 Å². The molecule has 1 rings (SSSR count). The van der Waals surface area contributed by atoms with E-state index in [1.807, 2.05) is 0 Å². The van der Waals surface area contributed by atoms with Gasteiger partial charge in [0.2, 0.25) is 0 Å². The van der Waals surface area contributed by atoms with Gasteiger partial charge in [-0.05, 0) is 22.6 Å². The summed E-state index contributed by atoms with van der Waals surface area (Å²) < 4.78 is 41.0. The molecular weight excluding hydrogens is 371 g/mol. The summed E-state index contributed by atoms with van der Waals surface area (Å²) in [5.41, 5.74) is 0.116. The van der Waals surface area contributed by atoms with Gasteiger partial charge in [0, 0.05) is 15.3 Å². The molecule has 0 fully saturated rings. The second kappa shape index (κ2) is 5.73. The highest BCUT2D eigenvalue weighted by atomic mass is 127. The van der Waals surface area contributed by atoms with Crippen LogP contribution in [0.1, 0.15) is 11.3 Å². The van der Waals surface area contributed by atoms with Gasteiger partial charge in [0.1, 0.15) is 0 Å². The Morgan fingerprint density at radius 1 is 1.53 bits per heavy atom. The summed E-state index contributed by atoms with van der Waals surface area (Å²) in [6.07, 6.45) is -3.68. The third-order valence-electron chi connectivity index (χ3n) is 1.76. The van der Waals surface area contributed by atoms with Crippen molar-refractivity contribution in [1.82, 2.24) is 4.98 Å². The predicted octanol–water partition coefficient (Wildman–Crippen LogP) is 3.39. The second-order valence-corrected chi connectivity index (χ2v) is 4.31. The molecule has 0 bridgehead atoms. The summed E-state index contributed by atoms with van der Waals surface area (Å²) >= 11 is 7.28. The van der Waals surface area contributed by atoms with Crippen LogP contribution < -0.4 is 4.74 Å². The Balaban J connectivity index is 3.30. The average molecular weight is 377 g/mol. The molecule has 1 aromatic heterocycles. The van der Waals surface area contributed by atoms with Crippen LogP contribution in [-0.4, -0.2) is 11.3 Å². The second-order valence-electron chi connectivity index (χ2n) is 2.88. The number of nitriles is 1. The lowest BCUT2D eigenvalue weighted by Crippen LogP contribution is -2.20. The first-order valence-electron chi connectivity index (χ1n) is 4.24. The topological polar surface area (TPSA) is 45.9 Å². The van der Waals surface area contributed by atoms with E-state index in [9.17, 15) is 13.2 Å². The number of rotatable bonds is 3. The van der Waals surface area contributed by atoms with Gasteiger partial charge in [-0.1, -0.05) is 0 Å². The molecule has 17 heavy (non-hydrogen) atoms. The Bertz CT molecular complexity index is 459. The molecule has 0 unspecified atom stereocenters. The van der Waals surface area contributed by atoms with Crippen molar-refractivity contribution in [2.75, 3.05) is 0 Å². The van der Waals surface area contributed by atoms with Gasteiger partial charge in [0.05, 0.1) is 24.1 Å². The summed E-state index contributed by atoms with van der Waals surface area (Å²) in [5.74, 6) is -0.693. The number of aromatic nitrogens is 1. The van der Waals surface area contributed by atoms with Crippen LogP contribution in [0.5, 0.6) is 5.75 Å². The maximum atomic E-state index is 12.2. The molecule has 1 heterocycles. The number of halogens is 5. The molecule has 92 valence electrons. The van der Waals surface area contributed by atoms with Crippen LogP contribution in [0.2, 0.25) is 0 Å². The van der Waals surface area contributed by atoms with Crippen molar-refractivity contribution in [3.8, 4) is 11.8 Å². The third-order valence-corrected chi connectivity index (χ3v) is 2.94. The van der Waals surface area contributed by atoms with Gasteiger partial charge in [0.15, 0.2) is 5.75 Å². The minimum Gasteiger partial charge on any atom is -0.403 e. The minimum absolute atomic E-state index is 0.0327. The van der Waals surface area contributed by atoms with E-state index in [2.05, 4.69) is 9.72 Å². The highest BCUT2D eigenvalue weighted by Gasteiger charge is 2.34. The molecule has 0 spiro atoms. The molecule has 0 N–H and O–H groups in total. The zero-order valence-electron chi connectivity index (χ0n) is 8.18. The first-order valence-corrected chi connectivity index (χ1v) is 5.85. The average Bonchev–Trinajstić information content (AvgIpc) is 2.22. The fourth-order valence-corrected chi connectivity index (χ4v) is 1.89. The van der Waals surface area contributed by atoms with E-state index in [-0.39, 0.29) is 23.6 Å². The van der Waals surface area contributed by atoms with E-state index in [4.69, 9.17) is 16.9 Å². The highest BCUT2D eigenvalue weighted by Crippen LogP contribution is 2.32. The molecule has 0 amide bonds. The van der Waals surface area contributed by atoms with Gasteiger partial charge >= 0.3 is 6.36 Å². The van der Waals surface area contributed by atoms with Crippen molar-refractivity contribution in [1.29, 1.82) is 5.26 Å². The first-order chi connectivity index (χ1) is 7.89. The Hall–Kier alpha value is -0.750. The predicted molar refractivity (Wildman–Crippen MR) is 62.5 cm³/mol. The summed E-state index contributed by atoms with van der Waals surface area (Å²) in [6.45, 7) is 0. The van der Waals surface area contributed by atoms with E-state index in [0.29, 0.717) is 3.57 Å². The van der Waals surface area contributed by atoms with Crippen molar-refractivity contribution in [2.45, 2.75) is 18.7 Å². The van der Waals surface area contributed by atoms with Gasteiger partial charge in [-0.25, -0.2) is 0 Å². The van der Waals surface area contributed by atoms with Crippen molar-refractivity contribution in [3.63, 3.8) is 0 Å². The number of nitrogens with zero attached hydrogens (tertiary/aromatic N) is 2. The third kappa shape index (κ3) is 3.89. The number of pyridine rings is 1. The highest BCUT2D eigenvalue weighted by molar-refractivity contribution is 14.1. The maximum absolute atomic E-state index is 12.2. The number of hydrogen-bond acceptors (Lipinski definition) is 3. The Labute approximate surface area is 114 Å². The molecule has 0 aliphatic carbocycles. The van der Waals surface area contributed by atoms with Gasteiger partial charge in [-0.15, -0.1) is 24.8 Å². The SMILES string of the molecule is N#CCc1c(I)cnc(CCl)c1OC(F)(F)F. The summed E-state index contributed by atoms with van der Waals surface area (Å²) in [4.78, 5) is 3.75. The fourth-order valence-electron chi connectivity index (χ4n) is 1.13. The Kier molecular flexibility index (Phi) is 4.82. The quantitative estimate of drug-likeness (QED) is 0.600. The van der Waals surface area contributed by atoms with Crippen molar-refractivity contribution >= 4 is 34.2 Å². The van der Waals surface area contributed by atoms with Crippen LogP contribution in [0, 0.1) is 14.9 Å². The largest absolute Gasteiger partial charge is 0.573 e. The van der Waals surface area contributed by atoms with E-state index >= 15 is 0 Å². The van der Waals surface area contributed by atoms with E-state index in [0.717, 1.165) is 0 Å². The van der Waals surface area contributed by atoms with E-state index < -0.39 is 12.1 Å². The van der Waals surface area contributed by atoms with Crippen LogP contribution in [0.4, 0.5) is 13.2 Å². The normalized spacial score (nSPS) is 11.1.